The van der Waals surface area contributed by atoms with E-state index in [4.69, 9.17) is 4.74 Å². The van der Waals surface area contributed by atoms with E-state index in [0.717, 1.165) is 23.4 Å². The Labute approximate surface area is 169 Å². The Hall–Kier alpha value is -3.29. The zero-order valence-corrected chi connectivity index (χ0v) is 17.0. The number of benzene rings is 1. The van der Waals surface area contributed by atoms with Gasteiger partial charge in [0.1, 0.15) is 0 Å². The predicted octanol–water partition coefficient (Wildman–Crippen LogP) is 2.60. The molecule has 1 aromatic carbocycles. The molecule has 2 aromatic heterocycles. The van der Waals surface area contributed by atoms with Crippen LogP contribution in [-0.2, 0) is 9.53 Å². The first-order chi connectivity index (χ1) is 13.9. The number of amides is 1. The number of hydrogen-bond acceptors (Lipinski definition) is 6. The molecule has 0 spiro atoms. The second-order valence-electron chi connectivity index (χ2n) is 6.99. The Morgan fingerprint density at radius 2 is 1.90 bits per heavy atom. The molecule has 2 atom stereocenters. The minimum absolute atomic E-state index is 0.124. The van der Waals surface area contributed by atoms with Gasteiger partial charge in [0.15, 0.2) is 6.10 Å². The van der Waals surface area contributed by atoms with Gasteiger partial charge in [0.25, 0.3) is 17.5 Å². The van der Waals surface area contributed by atoms with E-state index in [2.05, 4.69) is 27.3 Å². The molecule has 8 heteroatoms. The summed E-state index contributed by atoms with van der Waals surface area (Å²) in [6.45, 7) is 7.75. The normalized spacial score (nSPS) is 13.1. The molecule has 3 aromatic rings. The van der Waals surface area contributed by atoms with Crippen molar-refractivity contribution in [3.63, 3.8) is 0 Å². The average Bonchev–Trinajstić information content (AvgIpc) is 3.13. The van der Waals surface area contributed by atoms with Gasteiger partial charge in [0, 0.05) is 23.9 Å². The first kappa shape index (κ1) is 20.4. The van der Waals surface area contributed by atoms with Crippen molar-refractivity contribution in [3.05, 3.63) is 59.2 Å². The zero-order chi connectivity index (χ0) is 21.0. The topological polar surface area (TPSA) is 98.5 Å². The largest absolute Gasteiger partial charge is 0.447 e. The van der Waals surface area contributed by atoms with E-state index >= 15 is 0 Å². The first-order valence-corrected chi connectivity index (χ1v) is 9.63. The van der Waals surface area contributed by atoms with E-state index in [1.54, 1.807) is 0 Å². The minimum atomic E-state index is -0.960. The second-order valence-corrected chi connectivity index (χ2v) is 6.99. The van der Waals surface area contributed by atoms with Crippen LogP contribution in [0.4, 0.5) is 0 Å². The van der Waals surface area contributed by atoms with Gasteiger partial charge in [-0.3, -0.25) is 4.79 Å². The molecule has 1 amide bonds. The third kappa shape index (κ3) is 4.77. The number of carbonyl (C=O) groups is 2. The number of esters is 1. The van der Waals surface area contributed by atoms with Gasteiger partial charge in [0.05, 0.1) is 0 Å². The van der Waals surface area contributed by atoms with Crippen LogP contribution in [-0.4, -0.2) is 44.1 Å². The Bertz CT molecular complexity index is 1020. The zero-order valence-electron chi connectivity index (χ0n) is 17.0. The average molecular weight is 395 g/mol. The number of aromatic nitrogens is 4. The van der Waals surface area contributed by atoms with Crippen LogP contribution in [0.3, 0.4) is 0 Å². The number of hydrogen-bond donors (Lipinski definition) is 1. The number of aryl methyl sites for hydroxylation is 2. The fraction of sp³-hybridized carbons (Fsp3) is 0.381. The number of rotatable bonds is 7. The van der Waals surface area contributed by atoms with Crippen LogP contribution in [0, 0.1) is 13.8 Å². The highest BCUT2D eigenvalue weighted by atomic mass is 16.5. The van der Waals surface area contributed by atoms with Gasteiger partial charge in [-0.05, 0) is 38.8 Å². The quantitative estimate of drug-likeness (QED) is 0.618. The lowest BCUT2D eigenvalue weighted by Gasteiger charge is -2.18. The SMILES string of the molecule is CC[C@H](CNC(=O)[C@@H](C)OC(=O)c1nc2nc(C)cc(C)n2n1)c1ccccc1. The molecule has 29 heavy (non-hydrogen) atoms. The van der Waals surface area contributed by atoms with Gasteiger partial charge < -0.3 is 10.1 Å². The summed E-state index contributed by atoms with van der Waals surface area (Å²) in [5.41, 5.74) is 2.74. The highest BCUT2D eigenvalue weighted by molar-refractivity contribution is 5.89. The van der Waals surface area contributed by atoms with E-state index in [1.807, 2.05) is 50.2 Å². The Kier molecular flexibility index (Phi) is 6.21. The van der Waals surface area contributed by atoms with Gasteiger partial charge in [-0.25, -0.2) is 14.3 Å². The van der Waals surface area contributed by atoms with E-state index in [0.29, 0.717) is 12.3 Å². The third-order valence-electron chi connectivity index (χ3n) is 4.74. The van der Waals surface area contributed by atoms with E-state index < -0.39 is 12.1 Å². The first-order valence-electron chi connectivity index (χ1n) is 9.63. The summed E-state index contributed by atoms with van der Waals surface area (Å²) in [7, 11) is 0. The Morgan fingerprint density at radius 3 is 2.59 bits per heavy atom. The van der Waals surface area contributed by atoms with Crippen LogP contribution in [0.25, 0.3) is 5.78 Å². The molecule has 0 saturated heterocycles. The van der Waals surface area contributed by atoms with Gasteiger partial charge in [-0.15, -0.1) is 5.10 Å². The summed E-state index contributed by atoms with van der Waals surface area (Å²) in [6, 6.07) is 11.8. The van der Waals surface area contributed by atoms with Crippen molar-refractivity contribution in [2.75, 3.05) is 6.54 Å². The third-order valence-corrected chi connectivity index (χ3v) is 4.74. The lowest BCUT2D eigenvalue weighted by atomic mass is 9.96. The van der Waals surface area contributed by atoms with E-state index in [1.165, 1.54) is 11.4 Å². The number of carbonyl (C=O) groups excluding carboxylic acids is 2. The molecule has 0 bridgehead atoms. The smallest absolute Gasteiger partial charge is 0.379 e. The molecule has 0 radical (unpaired) electrons. The lowest BCUT2D eigenvalue weighted by Crippen LogP contribution is -2.38. The van der Waals surface area contributed by atoms with Crippen molar-refractivity contribution in [1.82, 2.24) is 24.9 Å². The van der Waals surface area contributed by atoms with Gasteiger partial charge >= 0.3 is 5.97 Å². The number of ether oxygens (including phenoxy) is 1. The molecule has 0 aliphatic heterocycles. The summed E-state index contributed by atoms with van der Waals surface area (Å²) < 4.78 is 6.72. The molecule has 0 aliphatic carbocycles. The highest BCUT2D eigenvalue weighted by Crippen LogP contribution is 2.18. The van der Waals surface area contributed by atoms with Crippen LogP contribution in [0.15, 0.2) is 36.4 Å². The second kappa shape index (κ2) is 8.81. The van der Waals surface area contributed by atoms with Crippen LogP contribution < -0.4 is 5.32 Å². The van der Waals surface area contributed by atoms with Crippen LogP contribution >= 0.6 is 0 Å². The van der Waals surface area contributed by atoms with Gasteiger partial charge in [0.2, 0.25) is 0 Å². The molecule has 152 valence electrons. The van der Waals surface area contributed by atoms with Gasteiger partial charge in [-0.2, -0.15) is 4.98 Å². The fourth-order valence-electron chi connectivity index (χ4n) is 3.11. The summed E-state index contributed by atoms with van der Waals surface area (Å²) in [5.74, 6) is -0.728. The van der Waals surface area contributed by atoms with Crippen molar-refractivity contribution in [2.45, 2.75) is 46.1 Å². The Morgan fingerprint density at radius 1 is 1.17 bits per heavy atom. The molecule has 3 rings (SSSR count). The van der Waals surface area contributed by atoms with E-state index in [9.17, 15) is 9.59 Å². The number of fused-ring (bicyclic) bond motifs is 1. The number of nitrogens with zero attached hydrogens (tertiary/aromatic N) is 4. The van der Waals surface area contributed by atoms with Crippen molar-refractivity contribution in [2.24, 2.45) is 0 Å². The maximum atomic E-state index is 12.4. The van der Waals surface area contributed by atoms with Crippen molar-refractivity contribution in [3.8, 4) is 0 Å². The maximum absolute atomic E-state index is 12.4. The Balaban J connectivity index is 1.60. The molecular formula is C21H25N5O3. The molecule has 8 nitrogen and oxygen atoms in total. The van der Waals surface area contributed by atoms with Crippen LogP contribution in [0.1, 0.15) is 53.8 Å². The highest BCUT2D eigenvalue weighted by Gasteiger charge is 2.23. The van der Waals surface area contributed by atoms with E-state index in [-0.39, 0.29) is 17.6 Å². The van der Waals surface area contributed by atoms with Crippen molar-refractivity contribution in [1.29, 1.82) is 0 Å². The lowest BCUT2D eigenvalue weighted by molar-refractivity contribution is -0.129. The summed E-state index contributed by atoms with van der Waals surface area (Å²) in [6.07, 6.45) is -0.0757. The maximum Gasteiger partial charge on any atom is 0.379 e. The number of nitrogens with one attached hydrogen (secondary N) is 1. The standard InChI is InChI=1S/C21H25N5O3/c1-5-16(17-9-7-6-8-10-17)12-22-19(27)15(4)29-20(28)18-24-21-23-13(2)11-14(3)26(21)25-18/h6-11,15-16H,5,12H2,1-4H3,(H,22,27)/t15-,16-/m1/s1. The fourth-order valence-corrected chi connectivity index (χ4v) is 3.11. The van der Waals surface area contributed by atoms with Crippen molar-refractivity contribution < 1.29 is 14.3 Å². The molecule has 2 heterocycles. The predicted molar refractivity (Wildman–Crippen MR) is 108 cm³/mol. The van der Waals surface area contributed by atoms with Crippen LogP contribution in [0.5, 0.6) is 0 Å². The molecule has 1 N–H and O–H groups in total. The molecule has 0 aliphatic rings. The molecule has 0 saturated carbocycles. The summed E-state index contributed by atoms with van der Waals surface area (Å²) >= 11 is 0. The molecular weight excluding hydrogens is 370 g/mol. The van der Waals surface area contributed by atoms with Gasteiger partial charge in [-0.1, -0.05) is 37.3 Å². The molecule has 0 unspecified atom stereocenters. The summed E-state index contributed by atoms with van der Waals surface area (Å²) in [4.78, 5) is 33.1. The van der Waals surface area contributed by atoms with Crippen molar-refractivity contribution >= 4 is 17.7 Å². The summed E-state index contributed by atoms with van der Waals surface area (Å²) in [5, 5.41) is 6.99. The molecule has 0 fully saturated rings. The monoisotopic (exact) mass is 395 g/mol. The minimum Gasteiger partial charge on any atom is -0.447 e. The van der Waals surface area contributed by atoms with Crippen LogP contribution in [0.2, 0.25) is 0 Å².